The molecule has 0 heterocycles. The van der Waals surface area contributed by atoms with Crippen molar-refractivity contribution in [2.24, 2.45) is 0 Å². The van der Waals surface area contributed by atoms with Crippen LogP contribution in [0.4, 0.5) is 0 Å². The molecule has 0 aliphatic rings. The Morgan fingerprint density at radius 1 is 0.781 bits per heavy atom. The van der Waals surface area contributed by atoms with Gasteiger partial charge in [-0.05, 0) is 48.9 Å². The lowest BCUT2D eigenvalue weighted by molar-refractivity contribution is 0.562. The van der Waals surface area contributed by atoms with Crippen molar-refractivity contribution in [3.05, 3.63) is 65.2 Å². The van der Waals surface area contributed by atoms with Gasteiger partial charge in [0.25, 0.3) is 0 Å². The normalized spacial score (nSPS) is 13.7. The fraction of sp³-hybridized carbons (Fsp3) is 0.556. The standard InChI is InChI=1S/C27H39ClO2S2/c1-3-4-5-6-7-8-9-10-11-15-22-31-27(2,24-16-13-12-14-17-24)23-32(29,30)26-20-18-25(28)19-21-26/h12-14,16-21H,3-11,15,22-23H2,1-2H3/t27-/m0/s1. The van der Waals surface area contributed by atoms with Crippen LogP contribution in [0, 0.1) is 0 Å². The van der Waals surface area contributed by atoms with Gasteiger partial charge < -0.3 is 0 Å². The first kappa shape index (κ1) is 27.3. The van der Waals surface area contributed by atoms with Gasteiger partial charge in [-0.2, -0.15) is 0 Å². The molecule has 1 atom stereocenters. The molecule has 2 aromatic carbocycles. The maximum Gasteiger partial charge on any atom is 0.180 e. The molecule has 0 amide bonds. The summed E-state index contributed by atoms with van der Waals surface area (Å²) in [7, 11) is -3.43. The van der Waals surface area contributed by atoms with E-state index in [-0.39, 0.29) is 5.75 Å². The van der Waals surface area contributed by atoms with E-state index in [0.717, 1.165) is 17.7 Å². The second-order valence-electron chi connectivity index (χ2n) is 8.84. The summed E-state index contributed by atoms with van der Waals surface area (Å²) in [6, 6.07) is 16.5. The van der Waals surface area contributed by atoms with Crippen LogP contribution in [0.1, 0.15) is 83.6 Å². The van der Waals surface area contributed by atoms with Crippen LogP contribution in [0.2, 0.25) is 5.02 Å². The zero-order valence-corrected chi connectivity index (χ0v) is 22.1. The molecule has 0 bridgehead atoms. The molecule has 0 aromatic heterocycles. The van der Waals surface area contributed by atoms with Gasteiger partial charge in [0, 0.05) is 5.02 Å². The first-order chi connectivity index (χ1) is 15.4. The van der Waals surface area contributed by atoms with Crippen molar-refractivity contribution >= 4 is 33.2 Å². The highest BCUT2D eigenvalue weighted by Gasteiger charge is 2.33. The second-order valence-corrected chi connectivity index (χ2v) is 12.9. The van der Waals surface area contributed by atoms with Crippen LogP contribution in [-0.2, 0) is 14.6 Å². The minimum absolute atomic E-state index is 0.0775. The van der Waals surface area contributed by atoms with Gasteiger partial charge in [0.2, 0.25) is 0 Å². The van der Waals surface area contributed by atoms with Crippen LogP contribution in [0.5, 0.6) is 0 Å². The average Bonchev–Trinajstić information content (AvgIpc) is 2.78. The molecule has 0 fully saturated rings. The zero-order chi connectivity index (χ0) is 23.3. The number of hydrogen-bond donors (Lipinski definition) is 0. The van der Waals surface area contributed by atoms with Crippen molar-refractivity contribution in [2.45, 2.75) is 87.7 Å². The van der Waals surface area contributed by atoms with Gasteiger partial charge in [0.1, 0.15) is 0 Å². The summed E-state index contributed by atoms with van der Waals surface area (Å²) in [5.41, 5.74) is 1.06. The van der Waals surface area contributed by atoms with Crippen LogP contribution >= 0.6 is 23.4 Å². The molecular formula is C27H39ClO2S2. The molecule has 32 heavy (non-hydrogen) atoms. The van der Waals surface area contributed by atoms with Gasteiger partial charge in [-0.1, -0.05) is 107 Å². The van der Waals surface area contributed by atoms with E-state index in [1.165, 1.54) is 57.8 Å². The van der Waals surface area contributed by atoms with Gasteiger partial charge in [-0.25, -0.2) is 8.42 Å². The van der Waals surface area contributed by atoms with E-state index in [4.69, 9.17) is 11.6 Å². The van der Waals surface area contributed by atoms with E-state index in [9.17, 15) is 8.42 Å². The Balaban J connectivity index is 1.87. The van der Waals surface area contributed by atoms with E-state index in [1.807, 2.05) is 30.3 Å². The molecule has 0 aliphatic heterocycles. The van der Waals surface area contributed by atoms with Crippen LogP contribution in [0.3, 0.4) is 0 Å². The highest BCUT2D eigenvalue weighted by atomic mass is 35.5. The molecule has 2 rings (SSSR count). The second kappa shape index (κ2) is 14.3. The predicted octanol–water partition coefficient (Wildman–Crippen LogP) is 8.68. The fourth-order valence-electron chi connectivity index (χ4n) is 3.97. The summed E-state index contributed by atoms with van der Waals surface area (Å²) in [5, 5.41) is 0.546. The maximum atomic E-state index is 13.2. The Labute approximate surface area is 205 Å². The molecule has 0 saturated carbocycles. The number of halogens is 1. The monoisotopic (exact) mass is 494 g/mol. The molecule has 178 valence electrons. The van der Waals surface area contributed by atoms with Gasteiger partial charge in [-0.15, -0.1) is 11.8 Å². The van der Waals surface area contributed by atoms with E-state index >= 15 is 0 Å². The minimum atomic E-state index is -3.43. The van der Waals surface area contributed by atoms with E-state index in [1.54, 1.807) is 36.0 Å². The summed E-state index contributed by atoms with van der Waals surface area (Å²) in [6.45, 7) is 4.32. The molecule has 0 unspecified atom stereocenters. The quantitative estimate of drug-likeness (QED) is 0.219. The molecule has 0 saturated heterocycles. The lowest BCUT2D eigenvalue weighted by Crippen LogP contribution is -2.29. The van der Waals surface area contributed by atoms with Crippen LogP contribution in [0.15, 0.2) is 59.5 Å². The highest BCUT2D eigenvalue weighted by Crippen LogP contribution is 2.39. The number of sulfone groups is 1. The third kappa shape index (κ3) is 9.49. The molecule has 5 heteroatoms. The Kier molecular flexibility index (Phi) is 12.2. The molecular weight excluding hydrogens is 456 g/mol. The first-order valence-corrected chi connectivity index (χ1v) is 15.1. The first-order valence-electron chi connectivity index (χ1n) is 12.1. The lowest BCUT2D eigenvalue weighted by Gasteiger charge is -2.29. The summed E-state index contributed by atoms with van der Waals surface area (Å²) >= 11 is 7.72. The van der Waals surface area contributed by atoms with Crippen molar-refractivity contribution in [1.29, 1.82) is 0 Å². The zero-order valence-electron chi connectivity index (χ0n) is 19.7. The Bertz CT molecular complexity index is 866. The van der Waals surface area contributed by atoms with Crippen molar-refractivity contribution in [3.8, 4) is 0 Å². The van der Waals surface area contributed by atoms with Gasteiger partial charge in [0.15, 0.2) is 9.84 Å². The summed E-state index contributed by atoms with van der Waals surface area (Å²) < 4.78 is 25.9. The van der Waals surface area contributed by atoms with Crippen molar-refractivity contribution < 1.29 is 8.42 Å². The highest BCUT2D eigenvalue weighted by molar-refractivity contribution is 8.01. The number of hydrogen-bond acceptors (Lipinski definition) is 3. The largest absolute Gasteiger partial charge is 0.224 e. The molecule has 0 N–H and O–H groups in total. The summed E-state index contributed by atoms with van der Waals surface area (Å²) in [5.74, 6) is 1.05. The van der Waals surface area contributed by atoms with E-state index < -0.39 is 14.6 Å². The number of thioether (sulfide) groups is 1. The SMILES string of the molecule is CCCCCCCCCCCCS[C@@](C)(CS(=O)(=O)c1ccc(Cl)cc1)c1ccccc1. The molecule has 2 aromatic rings. The van der Waals surface area contributed by atoms with Crippen molar-refractivity contribution in [1.82, 2.24) is 0 Å². The average molecular weight is 495 g/mol. The third-order valence-corrected chi connectivity index (χ3v) is 9.83. The maximum absolute atomic E-state index is 13.2. The minimum Gasteiger partial charge on any atom is -0.224 e. The van der Waals surface area contributed by atoms with Gasteiger partial charge >= 0.3 is 0 Å². The third-order valence-electron chi connectivity index (χ3n) is 5.94. The van der Waals surface area contributed by atoms with Crippen LogP contribution in [0.25, 0.3) is 0 Å². The Hall–Kier alpha value is -0.970. The number of unbranched alkanes of at least 4 members (excludes halogenated alkanes) is 9. The van der Waals surface area contributed by atoms with Crippen LogP contribution < -0.4 is 0 Å². The Morgan fingerprint density at radius 2 is 1.31 bits per heavy atom. The van der Waals surface area contributed by atoms with Gasteiger partial charge in [-0.3, -0.25) is 0 Å². The molecule has 0 radical (unpaired) electrons. The summed E-state index contributed by atoms with van der Waals surface area (Å²) in [6.07, 6.45) is 13.1. The predicted molar refractivity (Wildman–Crippen MR) is 142 cm³/mol. The Morgan fingerprint density at radius 3 is 1.88 bits per heavy atom. The molecule has 0 spiro atoms. The van der Waals surface area contributed by atoms with E-state index in [2.05, 4.69) is 13.8 Å². The van der Waals surface area contributed by atoms with Crippen molar-refractivity contribution in [3.63, 3.8) is 0 Å². The van der Waals surface area contributed by atoms with Crippen LogP contribution in [-0.4, -0.2) is 19.9 Å². The van der Waals surface area contributed by atoms with E-state index in [0.29, 0.717) is 9.92 Å². The van der Waals surface area contributed by atoms with Gasteiger partial charge in [0.05, 0.1) is 15.4 Å². The topological polar surface area (TPSA) is 34.1 Å². The van der Waals surface area contributed by atoms with Crippen molar-refractivity contribution in [2.75, 3.05) is 11.5 Å². The number of rotatable bonds is 16. The smallest absolute Gasteiger partial charge is 0.180 e. The summed E-state index contributed by atoms with van der Waals surface area (Å²) in [4.78, 5) is 0.337. The molecule has 0 aliphatic carbocycles. The number of benzene rings is 2. The lowest BCUT2D eigenvalue weighted by atomic mass is 10.0. The molecule has 2 nitrogen and oxygen atoms in total. The fourth-order valence-corrected chi connectivity index (χ4v) is 7.61.